The van der Waals surface area contributed by atoms with Gasteiger partial charge in [0.1, 0.15) is 5.82 Å². The molecule has 2 amide bonds. The van der Waals surface area contributed by atoms with E-state index in [4.69, 9.17) is 4.74 Å². The molecule has 1 heterocycles. The maximum absolute atomic E-state index is 13.9. The monoisotopic (exact) mass is 535 g/mol. The van der Waals surface area contributed by atoms with E-state index in [2.05, 4.69) is 15.6 Å². The summed E-state index contributed by atoms with van der Waals surface area (Å²) in [6.45, 7) is 3.53. The number of likely N-dealkylation sites (N-methyl/N-ethyl adjacent to an activating group) is 1. The molecule has 0 saturated carbocycles. The molecular weight excluding hydrogens is 504 g/mol. The molecule has 1 aliphatic rings. The number of likely N-dealkylation sites (tertiary alicyclic amines) is 1. The van der Waals surface area contributed by atoms with E-state index < -0.39 is 0 Å². The fourth-order valence-corrected chi connectivity index (χ4v) is 2.88. The second-order valence-electron chi connectivity index (χ2n) is 7.00. The van der Waals surface area contributed by atoms with Crippen LogP contribution in [-0.2, 0) is 16.1 Å². The number of ether oxygens (including phenoxy) is 1. The van der Waals surface area contributed by atoms with E-state index in [9.17, 15) is 14.0 Å². The Hall–Kier alpha value is -2.11. The van der Waals surface area contributed by atoms with Crippen LogP contribution < -0.4 is 10.6 Å². The van der Waals surface area contributed by atoms with Crippen molar-refractivity contribution in [1.82, 2.24) is 20.4 Å². The number of aliphatic imine (C=N–C) groups is 1. The van der Waals surface area contributed by atoms with Crippen LogP contribution in [0.2, 0.25) is 0 Å². The van der Waals surface area contributed by atoms with E-state index in [-0.39, 0.29) is 60.9 Å². The van der Waals surface area contributed by atoms with Gasteiger partial charge in [0, 0.05) is 38.8 Å². The first-order chi connectivity index (χ1) is 13.9. The number of carbonyl (C=O) groups is 2. The van der Waals surface area contributed by atoms with Crippen molar-refractivity contribution in [2.75, 3.05) is 40.3 Å². The molecule has 0 unspecified atom stereocenters. The third-order valence-electron chi connectivity index (χ3n) is 4.63. The minimum Gasteiger partial charge on any atom is -0.450 e. The number of nitrogens with one attached hydrogen (secondary N) is 2. The van der Waals surface area contributed by atoms with Gasteiger partial charge in [-0.25, -0.2) is 14.2 Å². The smallest absolute Gasteiger partial charge is 0.409 e. The molecule has 1 aliphatic heterocycles. The average Bonchev–Trinajstić information content (AvgIpc) is 2.71. The number of hydrogen-bond donors (Lipinski definition) is 2. The Morgan fingerprint density at radius 1 is 1.27 bits per heavy atom. The van der Waals surface area contributed by atoms with E-state index in [1.54, 1.807) is 44.1 Å². The molecule has 0 bridgehead atoms. The fourth-order valence-electron chi connectivity index (χ4n) is 2.88. The second kappa shape index (κ2) is 13.2. The van der Waals surface area contributed by atoms with Gasteiger partial charge < -0.3 is 25.2 Å². The van der Waals surface area contributed by atoms with Gasteiger partial charge in [0.2, 0.25) is 5.91 Å². The number of benzene rings is 1. The second-order valence-corrected chi connectivity index (χ2v) is 7.00. The van der Waals surface area contributed by atoms with Gasteiger partial charge >= 0.3 is 6.09 Å². The van der Waals surface area contributed by atoms with E-state index >= 15 is 0 Å². The van der Waals surface area contributed by atoms with Crippen LogP contribution in [0.4, 0.5) is 9.18 Å². The number of amides is 2. The molecule has 1 saturated heterocycles. The van der Waals surface area contributed by atoms with Crippen molar-refractivity contribution in [2.24, 2.45) is 4.99 Å². The normalized spacial score (nSPS) is 14.5. The van der Waals surface area contributed by atoms with Crippen molar-refractivity contribution in [2.45, 2.75) is 32.4 Å². The minimum absolute atomic E-state index is 0. The summed E-state index contributed by atoms with van der Waals surface area (Å²) in [7, 11) is 3.36. The first-order valence-electron chi connectivity index (χ1n) is 9.80. The third-order valence-corrected chi connectivity index (χ3v) is 4.63. The van der Waals surface area contributed by atoms with Crippen molar-refractivity contribution in [1.29, 1.82) is 0 Å². The Kier molecular flexibility index (Phi) is 11.4. The van der Waals surface area contributed by atoms with E-state index in [0.717, 1.165) is 12.8 Å². The largest absolute Gasteiger partial charge is 0.450 e. The molecule has 1 aromatic carbocycles. The molecule has 0 aliphatic carbocycles. The summed E-state index contributed by atoms with van der Waals surface area (Å²) in [4.78, 5) is 31.3. The van der Waals surface area contributed by atoms with E-state index in [1.165, 1.54) is 11.0 Å². The highest BCUT2D eigenvalue weighted by Crippen LogP contribution is 2.12. The van der Waals surface area contributed by atoms with Gasteiger partial charge in [-0.2, -0.15) is 0 Å². The summed E-state index contributed by atoms with van der Waals surface area (Å²) >= 11 is 0. The highest BCUT2D eigenvalue weighted by Gasteiger charge is 2.24. The molecule has 168 valence electrons. The Morgan fingerprint density at radius 2 is 1.93 bits per heavy atom. The summed E-state index contributed by atoms with van der Waals surface area (Å²) in [5, 5.41) is 6.31. The van der Waals surface area contributed by atoms with Crippen LogP contribution in [0.3, 0.4) is 0 Å². The van der Waals surface area contributed by atoms with Crippen LogP contribution in [0.1, 0.15) is 25.3 Å². The van der Waals surface area contributed by atoms with E-state index in [1.807, 2.05) is 0 Å². The van der Waals surface area contributed by atoms with Crippen molar-refractivity contribution >= 4 is 41.9 Å². The minimum atomic E-state index is -0.317. The predicted octanol–water partition coefficient (Wildman–Crippen LogP) is 2.19. The van der Waals surface area contributed by atoms with Crippen molar-refractivity contribution in [3.05, 3.63) is 35.6 Å². The van der Waals surface area contributed by atoms with Crippen LogP contribution >= 0.6 is 24.0 Å². The summed E-state index contributed by atoms with van der Waals surface area (Å²) in [6, 6.07) is 6.55. The molecule has 0 spiro atoms. The van der Waals surface area contributed by atoms with Crippen LogP contribution in [0, 0.1) is 5.82 Å². The lowest BCUT2D eigenvalue weighted by molar-refractivity contribution is -0.127. The van der Waals surface area contributed by atoms with Gasteiger partial charge in [-0.3, -0.25) is 4.79 Å². The molecule has 30 heavy (non-hydrogen) atoms. The lowest BCUT2D eigenvalue weighted by Crippen LogP contribution is -2.51. The Labute approximate surface area is 194 Å². The molecule has 2 N–H and O–H groups in total. The number of hydrogen-bond acceptors (Lipinski definition) is 4. The zero-order chi connectivity index (χ0) is 21.2. The van der Waals surface area contributed by atoms with Crippen molar-refractivity contribution < 1.29 is 18.7 Å². The number of carbonyl (C=O) groups excluding carboxylic acids is 2. The summed E-state index contributed by atoms with van der Waals surface area (Å²) in [5.74, 6) is 0.0308. The van der Waals surface area contributed by atoms with Crippen LogP contribution in [0.5, 0.6) is 0 Å². The number of nitrogens with zero attached hydrogens (tertiary/aromatic N) is 3. The molecular formula is C20H31FIN5O3. The first kappa shape index (κ1) is 25.9. The molecule has 2 rings (SSSR count). The summed E-state index contributed by atoms with van der Waals surface area (Å²) < 4.78 is 18.9. The highest BCUT2D eigenvalue weighted by atomic mass is 127. The maximum atomic E-state index is 13.9. The zero-order valence-electron chi connectivity index (χ0n) is 17.7. The molecule has 1 fully saturated rings. The van der Waals surface area contributed by atoms with Gasteiger partial charge in [-0.1, -0.05) is 18.2 Å². The third kappa shape index (κ3) is 8.33. The maximum Gasteiger partial charge on any atom is 0.409 e. The Balaban J connectivity index is 0.00000450. The van der Waals surface area contributed by atoms with Crippen LogP contribution in [0.15, 0.2) is 29.3 Å². The van der Waals surface area contributed by atoms with Crippen molar-refractivity contribution in [3.63, 3.8) is 0 Å². The van der Waals surface area contributed by atoms with Crippen LogP contribution in [0.25, 0.3) is 0 Å². The summed E-state index contributed by atoms with van der Waals surface area (Å²) in [5.41, 5.74) is 0.477. The van der Waals surface area contributed by atoms with Crippen LogP contribution in [-0.4, -0.2) is 74.1 Å². The topological polar surface area (TPSA) is 86.3 Å². The summed E-state index contributed by atoms with van der Waals surface area (Å²) in [6.07, 6.45) is 1.15. The van der Waals surface area contributed by atoms with Gasteiger partial charge in [0.25, 0.3) is 0 Å². The molecule has 1 aromatic rings. The molecule has 10 heteroatoms. The van der Waals surface area contributed by atoms with Gasteiger partial charge in [-0.15, -0.1) is 24.0 Å². The van der Waals surface area contributed by atoms with Gasteiger partial charge in [0.05, 0.1) is 19.7 Å². The van der Waals surface area contributed by atoms with Gasteiger partial charge in [-0.05, 0) is 25.8 Å². The number of halogens is 2. The zero-order valence-corrected chi connectivity index (χ0v) is 20.0. The average molecular weight is 535 g/mol. The molecule has 8 nitrogen and oxygen atoms in total. The SMILES string of the molecule is CCOC(=O)N1CCC(NC(=NCc2ccccc2F)NCC(=O)N(C)C)CC1.I. The standard InChI is InChI=1S/C20H30FN5O3.HI/c1-4-29-20(28)26-11-9-16(10-12-26)24-19(23-14-18(27)25(2)3)22-13-15-7-5-6-8-17(15)21;/h5-8,16H,4,9-14H2,1-3H3,(H2,22,23,24);1H. The number of piperidine rings is 1. The first-order valence-corrected chi connectivity index (χ1v) is 9.80. The number of guanidine groups is 1. The lowest BCUT2D eigenvalue weighted by atomic mass is 10.1. The molecule has 0 radical (unpaired) electrons. The lowest BCUT2D eigenvalue weighted by Gasteiger charge is -2.32. The Morgan fingerprint density at radius 3 is 2.53 bits per heavy atom. The quantitative estimate of drug-likeness (QED) is 0.332. The number of rotatable bonds is 6. The molecule has 0 aromatic heterocycles. The predicted molar refractivity (Wildman–Crippen MR) is 124 cm³/mol. The Bertz CT molecular complexity index is 724. The highest BCUT2D eigenvalue weighted by molar-refractivity contribution is 14.0. The van der Waals surface area contributed by atoms with E-state index in [0.29, 0.717) is 31.2 Å². The van der Waals surface area contributed by atoms with Crippen molar-refractivity contribution in [3.8, 4) is 0 Å². The fraction of sp³-hybridized carbons (Fsp3) is 0.550. The van der Waals surface area contributed by atoms with Gasteiger partial charge in [0.15, 0.2) is 5.96 Å². The molecule has 0 atom stereocenters.